The number of amides is 1. The molecule has 0 fully saturated rings. The highest BCUT2D eigenvalue weighted by molar-refractivity contribution is 7.92. The van der Waals surface area contributed by atoms with E-state index in [1.165, 1.54) is 14.0 Å². The Labute approximate surface area is 141 Å². The Bertz CT molecular complexity index is 802. The number of hydrogen-bond donors (Lipinski definition) is 2. The Balaban J connectivity index is 2.07. The van der Waals surface area contributed by atoms with E-state index in [4.69, 9.17) is 4.74 Å². The molecule has 0 heterocycles. The van der Waals surface area contributed by atoms with E-state index in [1.54, 1.807) is 48.5 Å². The summed E-state index contributed by atoms with van der Waals surface area (Å²) in [6, 6.07) is 13.3. The molecule has 2 N–H and O–H groups in total. The molecule has 0 spiro atoms. The van der Waals surface area contributed by atoms with Gasteiger partial charge in [-0.1, -0.05) is 18.2 Å². The van der Waals surface area contributed by atoms with Crippen LogP contribution in [0.5, 0.6) is 5.75 Å². The average molecular weight is 348 g/mol. The predicted octanol–water partition coefficient (Wildman–Crippen LogP) is 2.17. The molecule has 0 aromatic heterocycles. The van der Waals surface area contributed by atoms with Gasteiger partial charge in [-0.25, -0.2) is 8.42 Å². The van der Waals surface area contributed by atoms with Gasteiger partial charge in [-0.3, -0.25) is 9.52 Å². The molecule has 7 heteroatoms. The number of carbonyl (C=O) groups is 1. The summed E-state index contributed by atoms with van der Waals surface area (Å²) in [5.74, 6) is 0.486. The summed E-state index contributed by atoms with van der Waals surface area (Å²) in [5, 5.41) is 2.70. The van der Waals surface area contributed by atoms with Crippen molar-refractivity contribution in [2.75, 3.05) is 18.4 Å². The van der Waals surface area contributed by atoms with E-state index in [2.05, 4.69) is 10.0 Å². The number of rotatable bonds is 7. The van der Waals surface area contributed by atoms with Gasteiger partial charge in [-0.15, -0.1) is 0 Å². The minimum absolute atomic E-state index is 0.0864. The Morgan fingerprint density at radius 1 is 1.12 bits per heavy atom. The molecule has 0 saturated heterocycles. The van der Waals surface area contributed by atoms with Gasteiger partial charge in [-0.05, 0) is 36.2 Å². The van der Waals surface area contributed by atoms with Crippen molar-refractivity contribution < 1.29 is 17.9 Å². The van der Waals surface area contributed by atoms with Crippen LogP contribution in [0.4, 0.5) is 5.69 Å². The molecule has 0 aliphatic carbocycles. The Kier molecular flexibility index (Phi) is 5.81. The zero-order valence-corrected chi connectivity index (χ0v) is 14.4. The number of hydrogen-bond acceptors (Lipinski definition) is 4. The second-order valence-corrected chi connectivity index (χ2v) is 6.90. The van der Waals surface area contributed by atoms with Crippen molar-refractivity contribution in [3.05, 3.63) is 54.1 Å². The molecule has 0 unspecified atom stereocenters. The number of sulfonamides is 1. The number of anilines is 1. The third kappa shape index (κ3) is 4.99. The van der Waals surface area contributed by atoms with E-state index in [1.807, 2.05) is 0 Å². The van der Waals surface area contributed by atoms with Crippen molar-refractivity contribution in [3.8, 4) is 5.75 Å². The molecule has 6 nitrogen and oxygen atoms in total. The van der Waals surface area contributed by atoms with E-state index in [-0.39, 0.29) is 10.8 Å². The van der Waals surface area contributed by atoms with Gasteiger partial charge in [0.15, 0.2) is 0 Å². The molecule has 2 aromatic carbocycles. The average Bonchev–Trinajstić information content (AvgIpc) is 2.55. The van der Waals surface area contributed by atoms with Crippen LogP contribution in [0, 0.1) is 0 Å². The highest BCUT2D eigenvalue weighted by atomic mass is 32.2. The number of carbonyl (C=O) groups excluding carboxylic acids is 1. The van der Waals surface area contributed by atoms with E-state index < -0.39 is 10.0 Å². The third-order valence-corrected chi connectivity index (χ3v) is 4.74. The fourth-order valence-electron chi connectivity index (χ4n) is 2.12. The maximum atomic E-state index is 12.4. The van der Waals surface area contributed by atoms with E-state index in [0.717, 1.165) is 5.56 Å². The molecule has 128 valence electrons. The summed E-state index contributed by atoms with van der Waals surface area (Å²) < 4.78 is 32.4. The first-order valence-corrected chi connectivity index (χ1v) is 8.89. The number of nitrogens with one attached hydrogen (secondary N) is 2. The highest BCUT2D eigenvalue weighted by Crippen LogP contribution is 2.20. The summed E-state index contributed by atoms with van der Waals surface area (Å²) in [4.78, 5) is 11.0. The van der Waals surface area contributed by atoms with Gasteiger partial charge in [0.25, 0.3) is 10.0 Å². The van der Waals surface area contributed by atoms with Gasteiger partial charge in [0, 0.05) is 19.5 Å². The summed E-state index contributed by atoms with van der Waals surface area (Å²) in [6.07, 6.45) is 0.642. The van der Waals surface area contributed by atoms with Crippen LogP contribution in [0.1, 0.15) is 12.5 Å². The molecule has 0 bridgehead atoms. The molecule has 0 aliphatic heterocycles. The van der Waals surface area contributed by atoms with Crippen LogP contribution in [0.15, 0.2) is 53.4 Å². The lowest BCUT2D eigenvalue weighted by atomic mass is 10.1. The third-order valence-electron chi connectivity index (χ3n) is 3.34. The lowest BCUT2D eigenvalue weighted by Crippen LogP contribution is -2.22. The monoisotopic (exact) mass is 348 g/mol. The molecule has 0 saturated carbocycles. The van der Waals surface area contributed by atoms with E-state index in [0.29, 0.717) is 24.4 Å². The second kappa shape index (κ2) is 7.83. The normalized spacial score (nSPS) is 10.9. The SMILES string of the molecule is COc1cccc(NS(=O)(=O)c2ccc(CCNC(C)=O)cc2)c1. The standard InChI is InChI=1S/C17H20N2O4S/c1-13(20)18-11-10-14-6-8-17(9-7-14)24(21,22)19-15-4-3-5-16(12-15)23-2/h3-9,12,19H,10-11H2,1-2H3,(H,18,20). The van der Waals surface area contributed by atoms with Gasteiger partial charge in [0.05, 0.1) is 17.7 Å². The van der Waals surface area contributed by atoms with Crippen molar-refractivity contribution in [3.63, 3.8) is 0 Å². The van der Waals surface area contributed by atoms with Crippen LogP contribution in [-0.4, -0.2) is 28.0 Å². The predicted molar refractivity (Wildman–Crippen MR) is 92.6 cm³/mol. The molecule has 2 aromatic rings. The lowest BCUT2D eigenvalue weighted by Gasteiger charge is -2.10. The van der Waals surface area contributed by atoms with Crippen molar-refractivity contribution in [1.29, 1.82) is 0 Å². The molecular weight excluding hydrogens is 328 g/mol. The zero-order valence-electron chi connectivity index (χ0n) is 13.6. The van der Waals surface area contributed by atoms with Crippen LogP contribution >= 0.6 is 0 Å². The van der Waals surface area contributed by atoms with Crippen molar-refractivity contribution in [2.45, 2.75) is 18.2 Å². The first-order valence-electron chi connectivity index (χ1n) is 7.41. The van der Waals surface area contributed by atoms with Crippen LogP contribution < -0.4 is 14.8 Å². The molecule has 1 amide bonds. The number of methoxy groups -OCH3 is 1. The molecular formula is C17H20N2O4S. The summed E-state index contributed by atoms with van der Waals surface area (Å²) >= 11 is 0. The van der Waals surface area contributed by atoms with E-state index in [9.17, 15) is 13.2 Å². The smallest absolute Gasteiger partial charge is 0.261 e. The Morgan fingerprint density at radius 2 is 1.83 bits per heavy atom. The largest absolute Gasteiger partial charge is 0.497 e. The fraction of sp³-hybridized carbons (Fsp3) is 0.235. The first-order chi connectivity index (χ1) is 11.4. The summed E-state index contributed by atoms with van der Waals surface area (Å²) in [7, 11) is -2.14. The van der Waals surface area contributed by atoms with Crippen LogP contribution in [0.25, 0.3) is 0 Å². The molecule has 0 aliphatic rings. The second-order valence-electron chi connectivity index (χ2n) is 5.21. The quantitative estimate of drug-likeness (QED) is 0.803. The maximum absolute atomic E-state index is 12.4. The van der Waals surface area contributed by atoms with Crippen LogP contribution in [-0.2, 0) is 21.2 Å². The number of ether oxygens (including phenoxy) is 1. The Morgan fingerprint density at radius 3 is 2.46 bits per heavy atom. The van der Waals surface area contributed by atoms with Gasteiger partial charge in [0.2, 0.25) is 5.91 Å². The molecule has 24 heavy (non-hydrogen) atoms. The molecule has 2 rings (SSSR count). The van der Waals surface area contributed by atoms with Crippen LogP contribution in [0.2, 0.25) is 0 Å². The fourth-order valence-corrected chi connectivity index (χ4v) is 3.17. The molecule has 0 radical (unpaired) electrons. The lowest BCUT2D eigenvalue weighted by molar-refractivity contribution is -0.118. The molecule has 0 atom stereocenters. The summed E-state index contributed by atoms with van der Waals surface area (Å²) in [5.41, 5.74) is 1.38. The topological polar surface area (TPSA) is 84.5 Å². The van der Waals surface area contributed by atoms with Crippen molar-refractivity contribution >= 4 is 21.6 Å². The minimum Gasteiger partial charge on any atom is -0.497 e. The number of benzene rings is 2. The first kappa shape index (κ1) is 17.8. The van der Waals surface area contributed by atoms with Crippen LogP contribution in [0.3, 0.4) is 0 Å². The van der Waals surface area contributed by atoms with Gasteiger partial charge in [-0.2, -0.15) is 0 Å². The zero-order chi connectivity index (χ0) is 17.6. The van der Waals surface area contributed by atoms with Gasteiger partial charge < -0.3 is 10.1 Å². The van der Waals surface area contributed by atoms with Gasteiger partial charge >= 0.3 is 0 Å². The van der Waals surface area contributed by atoms with E-state index >= 15 is 0 Å². The highest BCUT2D eigenvalue weighted by Gasteiger charge is 2.14. The van der Waals surface area contributed by atoms with Crippen molar-refractivity contribution in [2.24, 2.45) is 0 Å². The van der Waals surface area contributed by atoms with Gasteiger partial charge in [0.1, 0.15) is 5.75 Å². The minimum atomic E-state index is -3.66. The van der Waals surface area contributed by atoms with Crippen molar-refractivity contribution in [1.82, 2.24) is 5.32 Å². The summed E-state index contributed by atoms with van der Waals surface area (Å²) in [6.45, 7) is 1.98. The Hall–Kier alpha value is -2.54. The maximum Gasteiger partial charge on any atom is 0.261 e.